The second-order valence-corrected chi connectivity index (χ2v) is 7.43. The fourth-order valence-electron chi connectivity index (χ4n) is 4.51. The summed E-state index contributed by atoms with van der Waals surface area (Å²) in [6.07, 6.45) is 4.84. The van der Waals surface area contributed by atoms with E-state index in [2.05, 4.69) is 31.4 Å². The SMILES string of the molecule is COCCCNC(=O)CNC1C2(C)CCC(C2)C1(C)C. The molecule has 20 heavy (non-hydrogen) atoms. The van der Waals surface area contributed by atoms with Gasteiger partial charge in [-0.3, -0.25) is 4.79 Å². The van der Waals surface area contributed by atoms with Gasteiger partial charge in [0, 0.05) is 26.3 Å². The topological polar surface area (TPSA) is 50.4 Å². The van der Waals surface area contributed by atoms with Gasteiger partial charge in [0.1, 0.15) is 0 Å². The summed E-state index contributed by atoms with van der Waals surface area (Å²) >= 11 is 0. The third-order valence-electron chi connectivity index (χ3n) is 5.58. The van der Waals surface area contributed by atoms with Gasteiger partial charge in [-0.25, -0.2) is 0 Å². The Labute approximate surface area is 123 Å². The van der Waals surface area contributed by atoms with E-state index in [0.717, 1.165) is 12.3 Å². The number of hydrogen-bond donors (Lipinski definition) is 2. The third kappa shape index (κ3) is 3.01. The fraction of sp³-hybridized carbons (Fsp3) is 0.938. The molecule has 0 aromatic carbocycles. The molecule has 3 unspecified atom stereocenters. The van der Waals surface area contributed by atoms with Crippen LogP contribution in [0.2, 0.25) is 0 Å². The van der Waals surface area contributed by atoms with E-state index >= 15 is 0 Å². The van der Waals surface area contributed by atoms with Crippen LogP contribution in [0.5, 0.6) is 0 Å². The van der Waals surface area contributed by atoms with E-state index in [0.29, 0.717) is 36.6 Å². The smallest absolute Gasteiger partial charge is 0.233 e. The number of fused-ring (bicyclic) bond motifs is 2. The first kappa shape index (κ1) is 15.8. The van der Waals surface area contributed by atoms with E-state index in [-0.39, 0.29) is 5.91 Å². The average Bonchev–Trinajstić information content (AvgIpc) is 2.85. The van der Waals surface area contributed by atoms with Gasteiger partial charge in [0.2, 0.25) is 5.91 Å². The molecular weight excluding hydrogens is 252 g/mol. The Balaban J connectivity index is 1.77. The van der Waals surface area contributed by atoms with Crippen LogP contribution in [0.15, 0.2) is 0 Å². The Morgan fingerprint density at radius 3 is 2.70 bits per heavy atom. The van der Waals surface area contributed by atoms with Crippen molar-refractivity contribution in [1.82, 2.24) is 10.6 Å². The second-order valence-electron chi connectivity index (χ2n) is 7.43. The Kier molecular flexibility index (Phi) is 4.75. The predicted octanol–water partition coefficient (Wildman–Crippen LogP) is 1.94. The molecule has 0 radical (unpaired) electrons. The van der Waals surface area contributed by atoms with Crippen LogP contribution in [0.1, 0.15) is 46.5 Å². The maximum atomic E-state index is 11.9. The normalized spacial score (nSPS) is 34.4. The molecule has 2 bridgehead atoms. The molecule has 4 nitrogen and oxygen atoms in total. The minimum absolute atomic E-state index is 0.100. The molecular formula is C16H30N2O2. The molecule has 1 amide bonds. The zero-order chi connectivity index (χ0) is 14.8. The molecule has 0 heterocycles. The summed E-state index contributed by atoms with van der Waals surface area (Å²) in [4.78, 5) is 11.9. The predicted molar refractivity (Wildman–Crippen MR) is 80.5 cm³/mol. The lowest BCUT2D eigenvalue weighted by Crippen LogP contribution is -2.52. The van der Waals surface area contributed by atoms with Crippen molar-refractivity contribution in [3.8, 4) is 0 Å². The zero-order valence-electron chi connectivity index (χ0n) is 13.4. The van der Waals surface area contributed by atoms with Crippen LogP contribution >= 0.6 is 0 Å². The monoisotopic (exact) mass is 282 g/mol. The van der Waals surface area contributed by atoms with Crippen LogP contribution in [-0.4, -0.2) is 38.8 Å². The maximum absolute atomic E-state index is 11.9. The number of methoxy groups -OCH3 is 1. The molecule has 0 aliphatic heterocycles. The van der Waals surface area contributed by atoms with Crippen LogP contribution in [0.3, 0.4) is 0 Å². The molecule has 2 fully saturated rings. The molecule has 116 valence electrons. The van der Waals surface area contributed by atoms with Crippen LogP contribution in [0.25, 0.3) is 0 Å². The number of rotatable bonds is 7. The highest BCUT2D eigenvalue weighted by Crippen LogP contribution is 2.62. The molecule has 0 aromatic heterocycles. The van der Waals surface area contributed by atoms with Crippen molar-refractivity contribution in [1.29, 1.82) is 0 Å². The van der Waals surface area contributed by atoms with Gasteiger partial charge in [0.05, 0.1) is 6.54 Å². The summed E-state index contributed by atoms with van der Waals surface area (Å²) in [5, 5.41) is 6.49. The van der Waals surface area contributed by atoms with Gasteiger partial charge >= 0.3 is 0 Å². The number of hydrogen-bond acceptors (Lipinski definition) is 3. The molecule has 2 aliphatic rings. The summed E-state index contributed by atoms with van der Waals surface area (Å²) < 4.78 is 4.97. The minimum atomic E-state index is 0.100. The highest BCUT2D eigenvalue weighted by atomic mass is 16.5. The highest BCUT2D eigenvalue weighted by Gasteiger charge is 2.58. The Morgan fingerprint density at radius 1 is 1.35 bits per heavy atom. The van der Waals surface area contributed by atoms with E-state index in [1.807, 2.05) is 0 Å². The van der Waals surface area contributed by atoms with Gasteiger partial charge in [-0.05, 0) is 42.4 Å². The number of ether oxygens (including phenoxy) is 1. The van der Waals surface area contributed by atoms with Gasteiger partial charge in [0.15, 0.2) is 0 Å². The Hall–Kier alpha value is -0.610. The minimum Gasteiger partial charge on any atom is -0.385 e. The first-order chi connectivity index (χ1) is 9.40. The van der Waals surface area contributed by atoms with Gasteiger partial charge < -0.3 is 15.4 Å². The molecule has 0 aromatic rings. The van der Waals surface area contributed by atoms with Crippen molar-refractivity contribution in [3.05, 3.63) is 0 Å². The first-order valence-electron chi connectivity index (χ1n) is 7.89. The van der Waals surface area contributed by atoms with E-state index in [1.165, 1.54) is 19.3 Å². The summed E-state index contributed by atoms with van der Waals surface area (Å²) in [6, 6.07) is 0.457. The summed E-state index contributed by atoms with van der Waals surface area (Å²) in [5.41, 5.74) is 0.688. The van der Waals surface area contributed by atoms with Gasteiger partial charge in [0.25, 0.3) is 0 Å². The van der Waals surface area contributed by atoms with Gasteiger partial charge in [-0.1, -0.05) is 20.8 Å². The molecule has 2 aliphatic carbocycles. The molecule has 0 spiro atoms. The van der Waals surface area contributed by atoms with E-state index in [9.17, 15) is 4.79 Å². The van der Waals surface area contributed by atoms with Crippen molar-refractivity contribution in [2.45, 2.75) is 52.5 Å². The summed E-state index contributed by atoms with van der Waals surface area (Å²) in [7, 11) is 1.68. The van der Waals surface area contributed by atoms with Crippen LogP contribution < -0.4 is 10.6 Å². The number of nitrogens with one attached hydrogen (secondary N) is 2. The Morgan fingerprint density at radius 2 is 2.10 bits per heavy atom. The van der Waals surface area contributed by atoms with E-state index in [4.69, 9.17) is 4.74 Å². The van der Waals surface area contributed by atoms with Crippen molar-refractivity contribution in [2.24, 2.45) is 16.7 Å². The molecule has 0 saturated heterocycles. The third-order valence-corrected chi connectivity index (χ3v) is 5.58. The van der Waals surface area contributed by atoms with Gasteiger partial charge in [-0.2, -0.15) is 0 Å². The number of carbonyl (C=O) groups excluding carboxylic acids is 1. The fourth-order valence-corrected chi connectivity index (χ4v) is 4.51. The highest BCUT2D eigenvalue weighted by molar-refractivity contribution is 5.78. The molecule has 2 rings (SSSR count). The molecule has 2 saturated carbocycles. The van der Waals surface area contributed by atoms with Gasteiger partial charge in [-0.15, -0.1) is 0 Å². The second kappa shape index (κ2) is 6.02. The average molecular weight is 282 g/mol. The van der Waals surface area contributed by atoms with E-state index in [1.54, 1.807) is 7.11 Å². The number of amides is 1. The lowest BCUT2D eigenvalue weighted by Gasteiger charge is -2.43. The standard InChI is InChI=1S/C16H30N2O2/c1-15(2)12-6-7-16(3,10-12)14(15)18-11-13(19)17-8-5-9-20-4/h12,14,18H,5-11H2,1-4H3,(H,17,19). The molecule has 4 heteroatoms. The molecule has 2 N–H and O–H groups in total. The van der Waals surface area contributed by atoms with Crippen LogP contribution in [0, 0.1) is 16.7 Å². The summed E-state index contributed by atoms with van der Waals surface area (Å²) in [6.45, 7) is 8.93. The number of carbonyl (C=O) groups is 1. The van der Waals surface area contributed by atoms with Crippen molar-refractivity contribution < 1.29 is 9.53 Å². The van der Waals surface area contributed by atoms with Crippen LogP contribution in [0.4, 0.5) is 0 Å². The van der Waals surface area contributed by atoms with Crippen molar-refractivity contribution in [2.75, 3.05) is 26.8 Å². The lowest BCUT2D eigenvalue weighted by molar-refractivity contribution is -0.120. The van der Waals surface area contributed by atoms with Crippen molar-refractivity contribution in [3.63, 3.8) is 0 Å². The van der Waals surface area contributed by atoms with E-state index < -0.39 is 0 Å². The zero-order valence-corrected chi connectivity index (χ0v) is 13.4. The van der Waals surface area contributed by atoms with Crippen molar-refractivity contribution >= 4 is 5.91 Å². The first-order valence-corrected chi connectivity index (χ1v) is 7.89. The Bertz CT molecular complexity index is 352. The largest absolute Gasteiger partial charge is 0.385 e. The maximum Gasteiger partial charge on any atom is 0.233 e. The lowest BCUT2D eigenvalue weighted by atomic mass is 9.68. The van der Waals surface area contributed by atoms with Crippen LogP contribution in [-0.2, 0) is 9.53 Å². The summed E-state index contributed by atoms with van der Waals surface area (Å²) in [5.74, 6) is 0.915. The quantitative estimate of drug-likeness (QED) is 0.702. The molecule has 3 atom stereocenters.